The highest BCUT2D eigenvalue weighted by atomic mass is 16.4. The van der Waals surface area contributed by atoms with Crippen LogP contribution in [-0.4, -0.2) is 17.2 Å². The van der Waals surface area contributed by atoms with E-state index in [1.165, 1.54) is 0 Å². The maximum atomic E-state index is 10.2. The number of hydrogen-bond acceptors (Lipinski definition) is 3. The third-order valence-electron chi connectivity index (χ3n) is 1.47. The van der Waals surface area contributed by atoms with Gasteiger partial charge in [0, 0.05) is 6.42 Å². The number of aliphatic carboxylic acids is 1. The molecule has 0 aliphatic heterocycles. The molecule has 1 N–H and O–H groups in total. The Morgan fingerprint density at radius 3 is 2.14 bits per heavy atom. The second-order valence-electron chi connectivity index (χ2n) is 2.46. The summed E-state index contributed by atoms with van der Waals surface area (Å²) in [6.45, 7) is 0. The summed E-state index contributed by atoms with van der Waals surface area (Å²) < 4.78 is 0. The summed E-state index contributed by atoms with van der Waals surface area (Å²) in [7, 11) is 0. The average Bonchev–Trinajstić information content (AvgIpc) is 2.18. The highest BCUT2D eigenvalue weighted by Crippen LogP contribution is 2.01. The van der Waals surface area contributed by atoms with Crippen molar-refractivity contribution in [1.29, 1.82) is 0 Å². The Kier molecular flexibility index (Phi) is 6.64. The van der Waals surface area contributed by atoms with E-state index in [-0.39, 0.29) is 12.6 Å². The van der Waals surface area contributed by atoms with Crippen molar-refractivity contribution in [3.63, 3.8) is 0 Å². The van der Waals surface area contributed by atoms with Gasteiger partial charge in [-0.15, -0.1) is 0 Å². The van der Waals surface area contributed by atoms with Crippen LogP contribution >= 0.6 is 0 Å². The molecule has 0 saturated heterocycles. The van der Waals surface area contributed by atoms with Crippen LogP contribution in [0, 0.1) is 0 Å². The van der Waals surface area contributed by atoms with E-state index in [2.05, 4.69) is 0 Å². The molecule has 0 fully saturated rings. The van der Waals surface area contributed by atoms with E-state index < -0.39 is 5.97 Å². The summed E-state index contributed by atoms with van der Waals surface area (Å²) in [5, 5.41) is 8.37. The van der Waals surface area contributed by atoms with E-state index >= 15 is 0 Å². The van der Waals surface area contributed by atoms with Crippen LogP contribution in [0.3, 0.4) is 0 Å². The standard InChI is InChI=1S/C9H10O2.CO2/c10-9(11)7-6-8-4-2-1-3-5-8;2-1-3/h1-5H,6-7H2,(H,10,11);. The minimum Gasteiger partial charge on any atom is -0.481 e. The predicted molar refractivity (Wildman–Crippen MR) is 47.4 cm³/mol. The summed E-state index contributed by atoms with van der Waals surface area (Å²) in [6, 6.07) is 9.62. The number of carbonyl (C=O) groups is 1. The van der Waals surface area contributed by atoms with E-state index in [1.807, 2.05) is 30.3 Å². The van der Waals surface area contributed by atoms with Crippen molar-refractivity contribution in [3.05, 3.63) is 35.9 Å². The van der Waals surface area contributed by atoms with Gasteiger partial charge in [-0.1, -0.05) is 30.3 Å². The highest BCUT2D eigenvalue weighted by Gasteiger charge is 1.96. The van der Waals surface area contributed by atoms with Crippen LogP contribution in [-0.2, 0) is 20.8 Å². The first-order chi connectivity index (χ1) is 6.70. The van der Waals surface area contributed by atoms with Crippen molar-refractivity contribution < 1.29 is 19.5 Å². The Labute approximate surface area is 81.2 Å². The molecule has 1 aromatic rings. The van der Waals surface area contributed by atoms with Crippen LogP contribution in [0.4, 0.5) is 0 Å². The van der Waals surface area contributed by atoms with Gasteiger partial charge in [-0.25, -0.2) is 0 Å². The molecule has 0 heterocycles. The average molecular weight is 194 g/mol. The molecular weight excluding hydrogens is 184 g/mol. The van der Waals surface area contributed by atoms with Gasteiger partial charge in [-0.2, -0.15) is 9.59 Å². The molecule has 0 radical (unpaired) electrons. The van der Waals surface area contributed by atoms with Gasteiger partial charge in [-0.3, -0.25) is 4.79 Å². The van der Waals surface area contributed by atoms with Crippen molar-refractivity contribution in [2.45, 2.75) is 12.8 Å². The Hall–Kier alpha value is -1.93. The first kappa shape index (κ1) is 12.1. The van der Waals surface area contributed by atoms with E-state index in [1.54, 1.807) is 0 Å². The molecule has 0 amide bonds. The minimum atomic E-state index is -0.742. The molecule has 4 heteroatoms. The maximum Gasteiger partial charge on any atom is 0.373 e. The second-order valence-corrected chi connectivity index (χ2v) is 2.46. The van der Waals surface area contributed by atoms with Crippen LogP contribution in [0.15, 0.2) is 30.3 Å². The molecule has 0 unspecified atom stereocenters. The first-order valence-electron chi connectivity index (χ1n) is 3.95. The fourth-order valence-corrected chi connectivity index (χ4v) is 0.896. The van der Waals surface area contributed by atoms with Gasteiger partial charge in [0.2, 0.25) is 0 Å². The van der Waals surface area contributed by atoms with Gasteiger partial charge >= 0.3 is 12.1 Å². The van der Waals surface area contributed by atoms with Gasteiger partial charge < -0.3 is 5.11 Å². The lowest BCUT2D eigenvalue weighted by atomic mass is 10.1. The third-order valence-corrected chi connectivity index (χ3v) is 1.47. The Bertz CT molecular complexity index is 299. The van der Waals surface area contributed by atoms with Gasteiger partial charge in [0.15, 0.2) is 0 Å². The van der Waals surface area contributed by atoms with Gasteiger partial charge in [0.05, 0.1) is 0 Å². The molecule has 4 nitrogen and oxygen atoms in total. The van der Waals surface area contributed by atoms with E-state index in [0.717, 1.165) is 5.56 Å². The lowest BCUT2D eigenvalue weighted by Gasteiger charge is -1.95. The molecule has 0 saturated carbocycles. The van der Waals surface area contributed by atoms with Crippen LogP contribution in [0.2, 0.25) is 0 Å². The number of benzene rings is 1. The number of hydrogen-bond donors (Lipinski definition) is 1. The SMILES string of the molecule is O=C(O)CCc1ccccc1.O=C=O. The smallest absolute Gasteiger partial charge is 0.373 e. The lowest BCUT2D eigenvalue weighted by molar-refractivity contribution is -0.191. The molecule has 74 valence electrons. The van der Waals surface area contributed by atoms with Crippen molar-refractivity contribution in [3.8, 4) is 0 Å². The van der Waals surface area contributed by atoms with Gasteiger partial charge in [-0.05, 0) is 12.0 Å². The molecule has 0 aliphatic rings. The lowest BCUT2D eigenvalue weighted by Crippen LogP contribution is -1.96. The van der Waals surface area contributed by atoms with E-state index in [9.17, 15) is 4.79 Å². The molecule has 1 rings (SSSR count). The zero-order valence-corrected chi connectivity index (χ0v) is 7.47. The number of rotatable bonds is 3. The van der Waals surface area contributed by atoms with Crippen LogP contribution in [0.5, 0.6) is 0 Å². The molecule has 0 aliphatic carbocycles. The number of carboxylic acids is 1. The zero-order chi connectivity index (χ0) is 10.8. The Morgan fingerprint density at radius 1 is 1.21 bits per heavy atom. The summed E-state index contributed by atoms with van der Waals surface area (Å²) in [5.74, 6) is -0.742. The zero-order valence-electron chi connectivity index (χ0n) is 7.47. The van der Waals surface area contributed by atoms with Gasteiger partial charge in [0.25, 0.3) is 0 Å². The minimum absolute atomic E-state index is 0.212. The number of carboxylic acid groups (broad SMARTS) is 1. The summed E-state index contributed by atoms with van der Waals surface area (Å²) in [4.78, 5) is 26.4. The molecule has 0 spiro atoms. The number of aryl methyl sites for hydroxylation is 1. The van der Waals surface area contributed by atoms with Crippen LogP contribution in [0.1, 0.15) is 12.0 Å². The normalized spacial score (nSPS) is 8.00. The highest BCUT2D eigenvalue weighted by molar-refractivity contribution is 5.67. The topological polar surface area (TPSA) is 71.4 Å². The summed E-state index contributed by atoms with van der Waals surface area (Å²) >= 11 is 0. The van der Waals surface area contributed by atoms with Crippen molar-refractivity contribution in [1.82, 2.24) is 0 Å². The van der Waals surface area contributed by atoms with E-state index in [0.29, 0.717) is 6.42 Å². The molecule has 14 heavy (non-hydrogen) atoms. The van der Waals surface area contributed by atoms with Gasteiger partial charge in [0.1, 0.15) is 0 Å². The summed E-state index contributed by atoms with van der Waals surface area (Å²) in [6.07, 6.45) is 1.08. The maximum absolute atomic E-state index is 10.2. The fourth-order valence-electron chi connectivity index (χ4n) is 0.896. The predicted octanol–water partition coefficient (Wildman–Crippen LogP) is 1.12. The van der Waals surface area contributed by atoms with Crippen LogP contribution < -0.4 is 0 Å². The second kappa shape index (κ2) is 7.71. The Balaban J connectivity index is 0.000000500. The number of carbonyl (C=O) groups excluding carboxylic acids is 2. The molecule has 0 aromatic heterocycles. The molecule has 0 atom stereocenters. The van der Waals surface area contributed by atoms with Crippen LogP contribution in [0.25, 0.3) is 0 Å². The van der Waals surface area contributed by atoms with Crippen molar-refractivity contribution >= 4 is 12.1 Å². The first-order valence-corrected chi connectivity index (χ1v) is 3.95. The monoisotopic (exact) mass is 194 g/mol. The molecule has 0 bridgehead atoms. The van der Waals surface area contributed by atoms with Crippen molar-refractivity contribution in [2.75, 3.05) is 0 Å². The Morgan fingerprint density at radius 2 is 1.71 bits per heavy atom. The largest absolute Gasteiger partial charge is 0.481 e. The third kappa shape index (κ3) is 6.76. The quantitative estimate of drug-likeness (QED) is 0.782. The fraction of sp³-hybridized carbons (Fsp3) is 0.200. The molecule has 1 aromatic carbocycles. The molecular formula is C10H10O4. The van der Waals surface area contributed by atoms with Crippen molar-refractivity contribution in [2.24, 2.45) is 0 Å². The van der Waals surface area contributed by atoms with E-state index in [4.69, 9.17) is 14.7 Å². The summed E-state index contributed by atoms with van der Waals surface area (Å²) in [5.41, 5.74) is 1.08.